The molecule has 1 aromatic heterocycles. The molecule has 40 heavy (non-hydrogen) atoms. The fourth-order valence-electron chi connectivity index (χ4n) is 3.49. The number of pyridine rings is 1. The molecule has 0 atom stereocenters. The average molecular weight is 634 g/mol. The zero-order valence-corrected chi connectivity index (χ0v) is 25.5. The van der Waals surface area contributed by atoms with Crippen LogP contribution in [0.15, 0.2) is 75.5 Å². The quantitative estimate of drug-likeness (QED) is 0.0918. The third-order valence-electron chi connectivity index (χ3n) is 5.55. The predicted octanol–water partition coefficient (Wildman–Crippen LogP) is 7.56. The molecule has 3 aromatic rings. The summed E-state index contributed by atoms with van der Waals surface area (Å²) < 4.78 is 58.9. The van der Waals surface area contributed by atoms with Crippen molar-refractivity contribution in [3.63, 3.8) is 0 Å². The van der Waals surface area contributed by atoms with Gasteiger partial charge in [0.2, 0.25) is 0 Å². The van der Waals surface area contributed by atoms with Crippen LogP contribution < -0.4 is 0 Å². The van der Waals surface area contributed by atoms with Crippen molar-refractivity contribution in [2.75, 3.05) is 0 Å². The molecule has 0 aliphatic heterocycles. The maximum absolute atomic E-state index is 10.7. The molecule has 6 nitrogen and oxygen atoms in total. The Morgan fingerprint density at radius 3 is 1.68 bits per heavy atom. The van der Waals surface area contributed by atoms with E-state index in [1.807, 2.05) is 56.3 Å². The Morgan fingerprint density at radius 2 is 1.25 bits per heavy atom. The van der Waals surface area contributed by atoms with E-state index >= 15 is 0 Å². The average Bonchev–Trinajstić information content (AvgIpc) is 2.84. The van der Waals surface area contributed by atoms with Crippen molar-refractivity contribution in [1.82, 2.24) is 4.98 Å². The number of hydrogen-bond acceptors (Lipinski definition) is 7. The van der Waals surface area contributed by atoms with E-state index in [-0.39, 0.29) is 17.1 Å². The number of hydrogen-bond donors (Lipinski definition) is 0. The van der Waals surface area contributed by atoms with Crippen molar-refractivity contribution < 1.29 is 43.2 Å². The molecule has 0 N–H and O–H groups in total. The number of halogens is 3. The van der Waals surface area contributed by atoms with Gasteiger partial charge in [0, 0.05) is 5.69 Å². The van der Waals surface area contributed by atoms with Crippen molar-refractivity contribution in [2.45, 2.75) is 63.8 Å². The van der Waals surface area contributed by atoms with Crippen molar-refractivity contribution in [3.05, 3.63) is 83.2 Å². The molecule has 0 amide bonds. The van der Waals surface area contributed by atoms with E-state index in [0.717, 1.165) is 39.1 Å². The number of aromatic nitrogens is 1. The minimum absolute atomic E-state index is 0. The summed E-state index contributed by atoms with van der Waals surface area (Å²) in [5.74, 6) is 0.801. The molecule has 216 valence electrons. The first-order valence-electron chi connectivity index (χ1n) is 12.0. The molecule has 0 unspecified atom stereocenters. The molecule has 0 radical (unpaired) electrons. The van der Waals surface area contributed by atoms with Gasteiger partial charge in [0.15, 0.2) is 10.1 Å². The summed E-state index contributed by atoms with van der Waals surface area (Å²) in [6, 6.07) is 20.2. The fourth-order valence-corrected chi connectivity index (χ4v) is 3.68. The second-order valence-electron chi connectivity index (χ2n) is 9.26. The van der Waals surface area contributed by atoms with Gasteiger partial charge in [0.25, 0.3) is 0 Å². The molecule has 2 aromatic carbocycles. The van der Waals surface area contributed by atoms with Crippen LogP contribution in [0.3, 0.4) is 0 Å². The molecule has 0 aliphatic rings. The maximum Gasteiger partial charge on any atom is 2.00 e. The summed E-state index contributed by atoms with van der Waals surface area (Å²) >= 11 is 5.38. The first kappa shape index (κ1) is 35.4. The van der Waals surface area contributed by atoms with Crippen LogP contribution in [0.2, 0.25) is 0 Å². The van der Waals surface area contributed by atoms with Crippen LogP contribution in [0.4, 0.5) is 24.5 Å². The third-order valence-corrected chi connectivity index (χ3v) is 6.46. The summed E-state index contributed by atoms with van der Waals surface area (Å²) in [6.45, 7) is 12.8. The van der Waals surface area contributed by atoms with Gasteiger partial charge in [-0.2, -0.15) is 13.2 Å². The molecule has 1 heterocycles. The van der Waals surface area contributed by atoms with Crippen molar-refractivity contribution in [2.24, 2.45) is 9.98 Å². The Hall–Kier alpha value is -2.63. The number of alkyl halides is 3. The topological polar surface area (TPSA) is 94.8 Å². The van der Waals surface area contributed by atoms with Crippen molar-refractivity contribution in [1.29, 1.82) is 0 Å². The van der Waals surface area contributed by atoms with Gasteiger partial charge in [-0.1, -0.05) is 70.2 Å². The number of benzene rings is 2. The molecule has 3 rings (SSSR count). The molecule has 0 saturated heterocycles. The van der Waals surface area contributed by atoms with Crippen LogP contribution in [0.25, 0.3) is 0 Å². The monoisotopic (exact) mass is 633 g/mol. The molecule has 0 fully saturated rings. The standard InChI is InChI=1S/C27H31N3S.CHF3O3S.Fe/c1-17(2)21-11-9-12-22(18(3)4)27(21)29-20(6)24-15-10-14-23(30-24)19(5)28-25-13-7-8-16-26(25)31;2-1(3,4)8(5,6)7;/h7-18,31H,1-6H3;(H,5,6,7);/q;;+2/p-2. The predicted molar refractivity (Wildman–Crippen MR) is 150 cm³/mol. The summed E-state index contributed by atoms with van der Waals surface area (Å²) in [5, 5.41) is 0. The van der Waals surface area contributed by atoms with Gasteiger partial charge >= 0.3 is 22.6 Å². The van der Waals surface area contributed by atoms with Crippen molar-refractivity contribution in [3.8, 4) is 0 Å². The van der Waals surface area contributed by atoms with E-state index in [2.05, 4.69) is 45.9 Å². The largest absolute Gasteiger partial charge is 2.00 e. The molecule has 0 saturated carbocycles. The molecule has 12 heteroatoms. The van der Waals surface area contributed by atoms with E-state index < -0.39 is 15.6 Å². The van der Waals surface area contributed by atoms with Crippen LogP contribution in [-0.4, -0.2) is 34.9 Å². The fraction of sp³-hybridized carbons (Fsp3) is 0.321. The van der Waals surface area contributed by atoms with E-state index in [4.69, 9.17) is 40.6 Å². The van der Waals surface area contributed by atoms with Gasteiger partial charge in [-0.3, -0.25) is 9.98 Å². The summed E-state index contributed by atoms with van der Waals surface area (Å²) in [4.78, 5) is 15.4. The number of rotatable bonds is 6. The summed E-state index contributed by atoms with van der Waals surface area (Å²) in [5.41, 5.74) is 2.15. The number of aliphatic imine (C=N–C) groups is 2. The summed E-state index contributed by atoms with van der Waals surface area (Å²) in [6.07, 6.45) is 0. The molecule has 0 spiro atoms. The smallest absolute Gasteiger partial charge is 0.778 e. The van der Waals surface area contributed by atoms with Crippen molar-refractivity contribution >= 4 is 45.5 Å². The van der Waals surface area contributed by atoms with Crippen LogP contribution >= 0.6 is 0 Å². The second kappa shape index (κ2) is 14.8. The molecule has 0 bridgehead atoms. The third kappa shape index (κ3) is 9.78. The van der Waals surface area contributed by atoms with Gasteiger partial charge in [0.1, 0.15) is 0 Å². The Kier molecular flexibility index (Phi) is 13.1. The first-order valence-corrected chi connectivity index (χ1v) is 13.8. The Bertz CT molecular complexity index is 1450. The van der Waals surface area contributed by atoms with Crippen LogP contribution in [-0.2, 0) is 39.8 Å². The van der Waals surface area contributed by atoms with Gasteiger partial charge in [-0.25, -0.2) is 13.4 Å². The Balaban J connectivity index is 0.000000777. The van der Waals surface area contributed by atoms with Gasteiger partial charge in [0.05, 0.1) is 28.5 Å². The van der Waals surface area contributed by atoms with Crippen LogP contribution in [0, 0.1) is 0 Å². The SMILES string of the molecule is CC(=Nc1ccccc1[S-])c1cccc(C(C)=Nc2c(C(C)C)cccc2C(C)C)n1.O=S(=O)([O-])C(F)(F)F.[Fe+2]. The zero-order valence-electron chi connectivity index (χ0n) is 22.8. The maximum atomic E-state index is 10.7. The van der Waals surface area contributed by atoms with Crippen LogP contribution in [0.5, 0.6) is 0 Å². The van der Waals surface area contributed by atoms with Gasteiger partial charge < -0.3 is 17.2 Å². The number of para-hydroxylation sites is 2. The van der Waals surface area contributed by atoms with E-state index in [1.54, 1.807) is 0 Å². The van der Waals surface area contributed by atoms with E-state index in [1.165, 1.54) is 11.1 Å². The van der Waals surface area contributed by atoms with Gasteiger partial charge in [-0.05, 0) is 55.0 Å². The summed E-state index contributed by atoms with van der Waals surface area (Å²) in [7, 11) is -6.09. The number of nitrogens with zero attached hydrogens (tertiary/aromatic N) is 3. The molecular weight excluding hydrogens is 603 g/mol. The van der Waals surface area contributed by atoms with Gasteiger partial charge in [-0.15, -0.1) is 4.90 Å². The normalized spacial score (nSPS) is 12.6. The van der Waals surface area contributed by atoms with Crippen LogP contribution in [0.1, 0.15) is 75.9 Å². The Morgan fingerprint density at radius 1 is 0.825 bits per heavy atom. The molecule has 0 aliphatic carbocycles. The Labute approximate surface area is 249 Å². The first-order chi connectivity index (χ1) is 18.0. The minimum atomic E-state index is -6.09. The van der Waals surface area contributed by atoms with E-state index in [9.17, 15) is 13.2 Å². The zero-order chi connectivity index (χ0) is 29.5. The molecular formula is C28H30F3FeN3O3S2. The second-order valence-corrected chi connectivity index (χ2v) is 11.1. The minimum Gasteiger partial charge on any atom is -0.778 e. The van der Waals surface area contributed by atoms with E-state index in [0.29, 0.717) is 11.8 Å².